The Labute approximate surface area is 127 Å². The number of aliphatic hydroxyl groups excluding tert-OH is 1. The molecule has 0 bridgehead atoms. The summed E-state index contributed by atoms with van der Waals surface area (Å²) in [6.07, 6.45) is 1.11. The lowest BCUT2D eigenvalue weighted by atomic mass is 10.3. The van der Waals surface area contributed by atoms with Gasteiger partial charge in [-0.2, -0.15) is 0 Å². The summed E-state index contributed by atoms with van der Waals surface area (Å²) in [4.78, 5) is 4.15. The zero-order valence-corrected chi connectivity index (χ0v) is 12.2. The van der Waals surface area contributed by atoms with Crippen molar-refractivity contribution in [3.63, 3.8) is 0 Å². The number of thioether (sulfide) groups is 1. The minimum atomic E-state index is -0.600. The first kappa shape index (κ1) is 16.8. The Morgan fingerprint density at radius 3 is 2.60 bits per heavy atom. The Morgan fingerprint density at radius 1 is 1.20 bits per heavy atom. The minimum Gasteiger partial charge on any atom is -0.491 e. The Kier molecular flexibility index (Phi) is 7.36. The predicted octanol–water partition coefficient (Wildman–Crippen LogP) is 3.17. The maximum atomic E-state index is 12.7. The number of aromatic nitrogens is 1. The summed E-state index contributed by atoms with van der Waals surface area (Å²) in [5.74, 6) is 0.736. The van der Waals surface area contributed by atoms with Crippen LogP contribution in [-0.4, -0.2) is 28.6 Å². The summed E-state index contributed by atoms with van der Waals surface area (Å²) >= 11 is 1.47. The number of pyridine rings is 1. The molecule has 1 aromatic heterocycles. The third-order valence-corrected chi connectivity index (χ3v) is 3.41. The van der Waals surface area contributed by atoms with Crippen molar-refractivity contribution in [3.05, 3.63) is 54.5 Å². The van der Waals surface area contributed by atoms with Gasteiger partial charge in [0.25, 0.3) is 0 Å². The molecule has 1 atom stereocenters. The number of hydrogen-bond donors (Lipinski definition) is 1. The van der Waals surface area contributed by atoms with Crippen molar-refractivity contribution in [2.45, 2.75) is 11.1 Å². The fourth-order valence-corrected chi connectivity index (χ4v) is 2.15. The average Bonchev–Trinajstić information content (AvgIpc) is 2.45. The second kappa shape index (κ2) is 8.79. The molecule has 6 heteroatoms. The fraction of sp³-hybridized carbons (Fsp3) is 0.214. The molecule has 0 aliphatic heterocycles. The topological polar surface area (TPSA) is 42.4 Å². The van der Waals surface area contributed by atoms with Gasteiger partial charge in [0.2, 0.25) is 0 Å². The summed E-state index contributed by atoms with van der Waals surface area (Å²) in [5, 5.41) is 10.6. The Morgan fingerprint density at radius 2 is 1.95 bits per heavy atom. The van der Waals surface area contributed by atoms with E-state index in [1.807, 2.05) is 18.2 Å². The van der Waals surface area contributed by atoms with Crippen LogP contribution in [0.5, 0.6) is 5.75 Å². The quantitative estimate of drug-likeness (QED) is 0.831. The third kappa shape index (κ3) is 5.77. The summed E-state index contributed by atoms with van der Waals surface area (Å²) in [5.41, 5.74) is 0. The van der Waals surface area contributed by atoms with Gasteiger partial charge in [0.15, 0.2) is 0 Å². The molecule has 3 nitrogen and oxygen atoms in total. The molecule has 0 fully saturated rings. The van der Waals surface area contributed by atoms with Gasteiger partial charge in [-0.15, -0.1) is 24.2 Å². The molecule has 2 aromatic rings. The molecule has 0 saturated carbocycles. The van der Waals surface area contributed by atoms with Crippen LogP contribution in [-0.2, 0) is 0 Å². The van der Waals surface area contributed by atoms with E-state index in [1.54, 1.807) is 6.20 Å². The first-order chi connectivity index (χ1) is 9.24. The van der Waals surface area contributed by atoms with E-state index in [-0.39, 0.29) is 24.8 Å². The number of rotatable bonds is 6. The predicted molar refractivity (Wildman–Crippen MR) is 80.1 cm³/mol. The molecule has 1 heterocycles. The van der Waals surface area contributed by atoms with Crippen molar-refractivity contribution in [1.29, 1.82) is 0 Å². The van der Waals surface area contributed by atoms with Crippen LogP contribution in [0.4, 0.5) is 4.39 Å². The van der Waals surface area contributed by atoms with Gasteiger partial charge in [-0.1, -0.05) is 6.07 Å². The summed E-state index contributed by atoms with van der Waals surface area (Å²) in [6.45, 7) is 0.172. The fourth-order valence-electron chi connectivity index (χ4n) is 1.39. The van der Waals surface area contributed by atoms with Crippen molar-refractivity contribution < 1.29 is 14.2 Å². The smallest absolute Gasteiger partial charge is 0.123 e. The molecule has 1 aromatic carbocycles. The van der Waals surface area contributed by atoms with Crippen molar-refractivity contribution in [1.82, 2.24) is 4.98 Å². The molecule has 2 rings (SSSR count). The monoisotopic (exact) mass is 315 g/mol. The van der Waals surface area contributed by atoms with E-state index in [1.165, 1.54) is 36.0 Å². The van der Waals surface area contributed by atoms with Gasteiger partial charge in [0, 0.05) is 11.9 Å². The van der Waals surface area contributed by atoms with Gasteiger partial charge in [-0.25, -0.2) is 9.37 Å². The van der Waals surface area contributed by atoms with Crippen molar-refractivity contribution in [2.24, 2.45) is 0 Å². The van der Waals surface area contributed by atoms with E-state index in [4.69, 9.17) is 4.74 Å². The third-order valence-electron chi connectivity index (χ3n) is 2.32. The van der Waals surface area contributed by atoms with E-state index < -0.39 is 6.10 Å². The van der Waals surface area contributed by atoms with Gasteiger partial charge in [0.05, 0.1) is 11.1 Å². The van der Waals surface area contributed by atoms with Crippen LogP contribution in [0.2, 0.25) is 0 Å². The zero-order chi connectivity index (χ0) is 13.5. The van der Waals surface area contributed by atoms with Crippen molar-refractivity contribution in [3.8, 4) is 5.75 Å². The van der Waals surface area contributed by atoms with Crippen LogP contribution in [0.3, 0.4) is 0 Å². The van der Waals surface area contributed by atoms with E-state index >= 15 is 0 Å². The van der Waals surface area contributed by atoms with Crippen LogP contribution in [0.15, 0.2) is 53.7 Å². The Balaban J connectivity index is 0.00000200. The molecule has 1 unspecified atom stereocenters. The molecule has 0 radical (unpaired) electrons. The number of hydrogen-bond acceptors (Lipinski definition) is 4. The van der Waals surface area contributed by atoms with Gasteiger partial charge in [-0.05, 0) is 36.4 Å². The molecule has 0 aliphatic carbocycles. The lowest BCUT2D eigenvalue weighted by Gasteiger charge is -2.11. The maximum Gasteiger partial charge on any atom is 0.123 e. The highest BCUT2D eigenvalue weighted by Crippen LogP contribution is 2.16. The van der Waals surface area contributed by atoms with Crippen LogP contribution < -0.4 is 4.74 Å². The van der Waals surface area contributed by atoms with Gasteiger partial charge in [-0.3, -0.25) is 0 Å². The summed E-state index contributed by atoms with van der Waals surface area (Å²) in [6, 6.07) is 11.4. The van der Waals surface area contributed by atoms with Crippen LogP contribution in [0.1, 0.15) is 0 Å². The van der Waals surface area contributed by atoms with Crippen molar-refractivity contribution in [2.75, 3.05) is 12.4 Å². The van der Waals surface area contributed by atoms with Crippen LogP contribution >= 0.6 is 24.2 Å². The molecule has 108 valence electrons. The second-order valence-corrected chi connectivity index (χ2v) is 4.94. The van der Waals surface area contributed by atoms with Gasteiger partial charge < -0.3 is 9.84 Å². The molecule has 20 heavy (non-hydrogen) atoms. The number of benzene rings is 1. The van der Waals surface area contributed by atoms with E-state index in [9.17, 15) is 9.50 Å². The molecule has 0 saturated heterocycles. The molecule has 1 N–H and O–H groups in total. The zero-order valence-electron chi connectivity index (χ0n) is 10.6. The highest BCUT2D eigenvalue weighted by molar-refractivity contribution is 7.99. The Bertz CT molecular complexity index is 498. The van der Waals surface area contributed by atoms with Crippen LogP contribution in [0, 0.1) is 5.82 Å². The molecule has 0 aliphatic rings. The average molecular weight is 316 g/mol. The van der Waals surface area contributed by atoms with Crippen LogP contribution in [0.25, 0.3) is 0 Å². The van der Waals surface area contributed by atoms with E-state index in [0.717, 1.165) is 5.03 Å². The molecule has 0 amide bonds. The Hall–Kier alpha value is -1.30. The lowest BCUT2D eigenvalue weighted by Crippen LogP contribution is -2.20. The van der Waals surface area contributed by atoms with Gasteiger partial charge in [0.1, 0.15) is 18.2 Å². The normalized spacial score (nSPS) is 11.5. The second-order valence-electron chi connectivity index (χ2n) is 3.90. The number of nitrogens with zero attached hydrogens (tertiary/aromatic N) is 1. The van der Waals surface area contributed by atoms with E-state index in [0.29, 0.717) is 11.5 Å². The lowest BCUT2D eigenvalue weighted by molar-refractivity contribution is 0.126. The standard InChI is InChI=1S/C14H14FNO2S.ClH/c15-11-4-6-13(7-5-11)18-9-12(17)10-19-14-3-1-2-8-16-14;/h1-8,12,17H,9-10H2;1H. The molecular formula is C14H15ClFNO2S. The molecule has 0 spiro atoms. The minimum absolute atomic E-state index is 0. The van der Waals surface area contributed by atoms with Gasteiger partial charge >= 0.3 is 0 Å². The maximum absolute atomic E-state index is 12.7. The first-order valence-corrected chi connectivity index (χ1v) is 6.83. The number of ether oxygens (including phenoxy) is 1. The first-order valence-electron chi connectivity index (χ1n) is 5.84. The summed E-state index contributed by atoms with van der Waals surface area (Å²) < 4.78 is 18.0. The number of halogens is 2. The number of aliphatic hydroxyl groups is 1. The highest BCUT2D eigenvalue weighted by Gasteiger charge is 2.07. The van der Waals surface area contributed by atoms with Crippen molar-refractivity contribution >= 4 is 24.2 Å². The largest absolute Gasteiger partial charge is 0.491 e. The SMILES string of the molecule is Cl.OC(COc1ccc(F)cc1)CSc1ccccn1. The highest BCUT2D eigenvalue weighted by atomic mass is 35.5. The van der Waals surface area contributed by atoms with E-state index in [2.05, 4.69) is 4.98 Å². The summed E-state index contributed by atoms with van der Waals surface area (Å²) in [7, 11) is 0. The molecular weight excluding hydrogens is 301 g/mol.